The Balaban J connectivity index is 2.31. The second-order valence-corrected chi connectivity index (χ2v) is 6.76. The second kappa shape index (κ2) is 8.37. The maximum atomic E-state index is 12.1. The van der Waals surface area contributed by atoms with Crippen molar-refractivity contribution >= 4 is 34.3 Å². The molecule has 1 N–H and O–H groups in total. The van der Waals surface area contributed by atoms with Gasteiger partial charge in [0.05, 0.1) is 5.69 Å². The minimum atomic E-state index is -0.118. The molecular formula is C19H23IN2O2. The fourth-order valence-electron chi connectivity index (χ4n) is 2.61. The van der Waals surface area contributed by atoms with Crippen LogP contribution < -0.4 is 15.0 Å². The smallest absolute Gasteiger partial charge is 0.321 e. The number of aryl methyl sites for hydroxylation is 2. The van der Waals surface area contributed by atoms with Crippen LogP contribution in [0.25, 0.3) is 0 Å². The molecule has 0 aromatic heterocycles. The van der Waals surface area contributed by atoms with Crippen molar-refractivity contribution in [3.63, 3.8) is 0 Å². The predicted octanol–water partition coefficient (Wildman–Crippen LogP) is 4.65. The Labute approximate surface area is 157 Å². The van der Waals surface area contributed by atoms with Crippen LogP contribution >= 0.6 is 22.6 Å². The second-order valence-electron chi connectivity index (χ2n) is 5.59. The van der Waals surface area contributed by atoms with E-state index >= 15 is 0 Å². The van der Waals surface area contributed by atoms with Crippen molar-refractivity contribution in [3.05, 3.63) is 56.7 Å². The summed E-state index contributed by atoms with van der Waals surface area (Å²) in [5.74, 6) is 0.870. The monoisotopic (exact) mass is 438 g/mol. The standard InChI is InChI=1S/C19H23IN2O2/c1-5-22(19(23)21-4)17-8-6-7-16(20)15(17)12-24-18-10-9-13(2)11-14(18)3/h6-11H,5,12H2,1-4H3,(H,21,23). The first-order valence-corrected chi connectivity index (χ1v) is 9.02. The average molecular weight is 438 g/mol. The van der Waals surface area contributed by atoms with E-state index in [-0.39, 0.29) is 6.03 Å². The van der Waals surface area contributed by atoms with Crippen LogP contribution in [0.2, 0.25) is 0 Å². The molecule has 5 heteroatoms. The Hall–Kier alpha value is -1.76. The number of urea groups is 1. The molecule has 0 aliphatic carbocycles. The molecule has 0 bridgehead atoms. The van der Waals surface area contributed by atoms with E-state index in [1.807, 2.05) is 44.2 Å². The van der Waals surface area contributed by atoms with Crippen molar-refractivity contribution < 1.29 is 9.53 Å². The molecule has 128 valence electrons. The van der Waals surface area contributed by atoms with E-state index in [4.69, 9.17) is 4.74 Å². The fourth-order valence-corrected chi connectivity index (χ4v) is 3.25. The highest BCUT2D eigenvalue weighted by molar-refractivity contribution is 14.1. The number of ether oxygens (including phenoxy) is 1. The lowest BCUT2D eigenvalue weighted by Crippen LogP contribution is -2.38. The molecule has 2 aromatic rings. The van der Waals surface area contributed by atoms with Crippen LogP contribution in [-0.4, -0.2) is 19.6 Å². The molecule has 4 nitrogen and oxygen atoms in total. The zero-order chi connectivity index (χ0) is 17.7. The summed E-state index contributed by atoms with van der Waals surface area (Å²) in [6.45, 7) is 7.09. The summed E-state index contributed by atoms with van der Waals surface area (Å²) in [6.07, 6.45) is 0. The summed E-state index contributed by atoms with van der Waals surface area (Å²) in [4.78, 5) is 13.9. The van der Waals surface area contributed by atoms with Gasteiger partial charge in [-0.05, 0) is 67.1 Å². The Bertz CT molecular complexity index is 731. The van der Waals surface area contributed by atoms with Crippen LogP contribution in [-0.2, 0) is 6.61 Å². The Morgan fingerprint density at radius 3 is 2.62 bits per heavy atom. The van der Waals surface area contributed by atoms with E-state index in [9.17, 15) is 4.79 Å². The average Bonchev–Trinajstić information content (AvgIpc) is 2.56. The molecule has 24 heavy (non-hydrogen) atoms. The van der Waals surface area contributed by atoms with Gasteiger partial charge in [0.25, 0.3) is 0 Å². The number of amides is 2. The maximum Gasteiger partial charge on any atom is 0.321 e. The van der Waals surface area contributed by atoms with Crippen molar-refractivity contribution in [3.8, 4) is 5.75 Å². The molecule has 2 amide bonds. The molecule has 0 saturated heterocycles. The third-order valence-electron chi connectivity index (χ3n) is 3.86. The minimum Gasteiger partial charge on any atom is -0.489 e. The maximum absolute atomic E-state index is 12.1. The van der Waals surface area contributed by atoms with Crippen molar-refractivity contribution in [1.82, 2.24) is 5.32 Å². The minimum absolute atomic E-state index is 0.118. The largest absolute Gasteiger partial charge is 0.489 e. The van der Waals surface area contributed by atoms with Gasteiger partial charge in [-0.15, -0.1) is 0 Å². The highest BCUT2D eigenvalue weighted by Crippen LogP contribution is 2.28. The number of carbonyl (C=O) groups excluding carboxylic acids is 1. The van der Waals surface area contributed by atoms with Gasteiger partial charge in [-0.2, -0.15) is 0 Å². The molecule has 0 aliphatic rings. The van der Waals surface area contributed by atoms with E-state index in [0.717, 1.165) is 26.1 Å². The first kappa shape index (κ1) is 18.6. The zero-order valence-electron chi connectivity index (χ0n) is 14.5. The van der Waals surface area contributed by atoms with Crippen molar-refractivity contribution in [1.29, 1.82) is 0 Å². The van der Waals surface area contributed by atoms with Crippen LogP contribution in [0, 0.1) is 17.4 Å². The van der Waals surface area contributed by atoms with Gasteiger partial charge in [-0.25, -0.2) is 4.79 Å². The van der Waals surface area contributed by atoms with Crippen LogP contribution in [0.3, 0.4) is 0 Å². The van der Waals surface area contributed by atoms with Crippen molar-refractivity contribution in [2.75, 3.05) is 18.5 Å². The quantitative estimate of drug-likeness (QED) is 0.691. The number of carbonyl (C=O) groups is 1. The van der Waals surface area contributed by atoms with Gasteiger partial charge in [-0.1, -0.05) is 23.8 Å². The lowest BCUT2D eigenvalue weighted by Gasteiger charge is -2.24. The van der Waals surface area contributed by atoms with Crippen molar-refractivity contribution in [2.24, 2.45) is 0 Å². The van der Waals surface area contributed by atoms with Crippen LogP contribution in [0.1, 0.15) is 23.6 Å². The van der Waals surface area contributed by atoms with Gasteiger partial charge in [0.15, 0.2) is 0 Å². The molecular weight excluding hydrogens is 415 g/mol. The number of benzene rings is 2. The molecule has 0 spiro atoms. The number of nitrogens with zero attached hydrogens (tertiary/aromatic N) is 1. The number of anilines is 1. The van der Waals surface area contributed by atoms with Gasteiger partial charge < -0.3 is 10.1 Å². The normalized spacial score (nSPS) is 10.4. The molecule has 0 atom stereocenters. The number of hydrogen-bond acceptors (Lipinski definition) is 2. The number of rotatable bonds is 5. The number of halogens is 1. The summed E-state index contributed by atoms with van der Waals surface area (Å²) >= 11 is 2.29. The highest BCUT2D eigenvalue weighted by Gasteiger charge is 2.18. The van der Waals surface area contributed by atoms with Gasteiger partial charge in [-0.3, -0.25) is 4.90 Å². The van der Waals surface area contributed by atoms with E-state index in [1.54, 1.807) is 11.9 Å². The number of nitrogens with one attached hydrogen (secondary N) is 1. The Morgan fingerprint density at radius 2 is 2.00 bits per heavy atom. The van der Waals surface area contributed by atoms with Crippen LogP contribution in [0.4, 0.5) is 10.5 Å². The molecule has 0 unspecified atom stereocenters. The first-order valence-electron chi connectivity index (χ1n) is 7.94. The van der Waals surface area contributed by atoms with E-state index in [0.29, 0.717) is 13.2 Å². The Kier molecular flexibility index (Phi) is 6.48. The van der Waals surface area contributed by atoms with Crippen LogP contribution in [0.5, 0.6) is 5.75 Å². The first-order chi connectivity index (χ1) is 11.5. The van der Waals surface area contributed by atoms with Crippen molar-refractivity contribution in [2.45, 2.75) is 27.4 Å². The zero-order valence-corrected chi connectivity index (χ0v) is 16.7. The van der Waals surface area contributed by atoms with Gasteiger partial charge in [0.1, 0.15) is 12.4 Å². The van der Waals surface area contributed by atoms with E-state index in [1.165, 1.54) is 5.56 Å². The summed E-state index contributed by atoms with van der Waals surface area (Å²) in [6, 6.07) is 12.0. The molecule has 2 aromatic carbocycles. The lowest BCUT2D eigenvalue weighted by molar-refractivity contribution is 0.248. The predicted molar refractivity (Wildman–Crippen MR) is 107 cm³/mol. The van der Waals surface area contributed by atoms with E-state index < -0.39 is 0 Å². The molecule has 2 rings (SSSR count). The fraction of sp³-hybridized carbons (Fsp3) is 0.316. The molecule has 0 radical (unpaired) electrons. The lowest BCUT2D eigenvalue weighted by atomic mass is 10.1. The summed E-state index contributed by atoms with van der Waals surface area (Å²) < 4.78 is 7.12. The molecule has 0 heterocycles. The summed E-state index contributed by atoms with van der Waals surface area (Å²) in [7, 11) is 1.64. The molecule has 0 fully saturated rings. The summed E-state index contributed by atoms with van der Waals surface area (Å²) in [5.41, 5.74) is 4.23. The SMILES string of the molecule is CCN(C(=O)NC)c1cccc(I)c1COc1ccc(C)cc1C. The topological polar surface area (TPSA) is 41.6 Å². The summed E-state index contributed by atoms with van der Waals surface area (Å²) in [5, 5.41) is 2.69. The van der Waals surface area contributed by atoms with Gasteiger partial charge >= 0.3 is 6.03 Å². The van der Waals surface area contributed by atoms with E-state index in [2.05, 4.69) is 40.9 Å². The molecule has 0 aliphatic heterocycles. The Morgan fingerprint density at radius 1 is 1.25 bits per heavy atom. The van der Waals surface area contributed by atoms with Gasteiger partial charge in [0, 0.05) is 22.7 Å². The van der Waals surface area contributed by atoms with Gasteiger partial charge in [0.2, 0.25) is 0 Å². The highest BCUT2D eigenvalue weighted by atomic mass is 127. The third-order valence-corrected chi connectivity index (χ3v) is 4.87. The molecule has 0 saturated carbocycles. The third kappa shape index (κ3) is 4.20. The van der Waals surface area contributed by atoms with Crippen LogP contribution in [0.15, 0.2) is 36.4 Å². The number of hydrogen-bond donors (Lipinski definition) is 1.